The number of ether oxygens (including phenoxy) is 1. The summed E-state index contributed by atoms with van der Waals surface area (Å²) in [4.78, 5) is 10.6. The lowest BCUT2D eigenvalue weighted by Gasteiger charge is -2.18. The van der Waals surface area contributed by atoms with Gasteiger partial charge in [-0.2, -0.15) is 5.26 Å². The van der Waals surface area contributed by atoms with Gasteiger partial charge in [0, 0.05) is 13.2 Å². The van der Waals surface area contributed by atoms with Crippen LogP contribution in [0.1, 0.15) is 25.3 Å². The molecule has 0 radical (unpaired) electrons. The summed E-state index contributed by atoms with van der Waals surface area (Å²) in [6.45, 7) is 2.49. The van der Waals surface area contributed by atoms with Gasteiger partial charge in [0.25, 0.3) is 0 Å². The zero-order valence-electron chi connectivity index (χ0n) is 11.0. The molecule has 1 N–H and O–H groups in total. The average molecular weight is 263 g/mol. The molecule has 0 saturated heterocycles. The van der Waals surface area contributed by atoms with Gasteiger partial charge in [-0.25, -0.2) is 0 Å². The van der Waals surface area contributed by atoms with Crippen LogP contribution in [0.3, 0.4) is 0 Å². The summed E-state index contributed by atoms with van der Waals surface area (Å²) in [6, 6.07) is 6.51. The second kappa shape index (κ2) is 7.34. The fraction of sp³-hybridized carbons (Fsp3) is 0.462. The lowest BCUT2D eigenvalue weighted by molar-refractivity contribution is -0.384. The van der Waals surface area contributed by atoms with Gasteiger partial charge in [0.1, 0.15) is 17.3 Å². The summed E-state index contributed by atoms with van der Waals surface area (Å²) >= 11 is 0. The Morgan fingerprint density at radius 2 is 2.32 bits per heavy atom. The van der Waals surface area contributed by atoms with Crippen LogP contribution in [0.2, 0.25) is 0 Å². The molecule has 0 saturated carbocycles. The van der Waals surface area contributed by atoms with Gasteiger partial charge in [0.2, 0.25) is 0 Å². The Bertz CT molecular complexity index is 477. The molecule has 1 unspecified atom stereocenters. The number of benzene rings is 1. The van der Waals surface area contributed by atoms with Crippen molar-refractivity contribution in [1.82, 2.24) is 0 Å². The molecule has 0 aromatic heterocycles. The number of nitro benzene ring substituents is 1. The van der Waals surface area contributed by atoms with Crippen LogP contribution in [0.4, 0.5) is 11.4 Å². The highest BCUT2D eigenvalue weighted by molar-refractivity contribution is 5.68. The maximum atomic E-state index is 11.1. The molecule has 0 bridgehead atoms. The van der Waals surface area contributed by atoms with Gasteiger partial charge in [0.15, 0.2) is 0 Å². The van der Waals surface area contributed by atoms with Crippen LogP contribution in [0.5, 0.6) is 0 Å². The van der Waals surface area contributed by atoms with E-state index in [1.165, 1.54) is 6.07 Å². The summed E-state index contributed by atoms with van der Waals surface area (Å²) in [5, 5.41) is 23.1. The molecule has 1 aromatic rings. The normalized spacial score (nSPS) is 11.6. The average Bonchev–Trinajstić information content (AvgIpc) is 2.38. The van der Waals surface area contributed by atoms with E-state index in [9.17, 15) is 10.1 Å². The monoisotopic (exact) mass is 263 g/mol. The van der Waals surface area contributed by atoms with Crippen molar-refractivity contribution in [3.05, 3.63) is 33.9 Å². The highest BCUT2D eigenvalue weighted by Crippen LogP contribution is 2.29. The fourth-order valence-corrected chi connectivity index (χ4v) is 1.91. The first-order valence-corrected chi connectivity index (χ1v) is 6.07. The molecule has 102 valence electrons. The van der Waals surface area contributed by atoms with Gasteiger partial charge in [-0.15, -0.1) is 0 Å². The van der Waals surface area contributed by atoms with Crippen LogP contribution in [0.15, 0.2) is 18.2 Å². The number of hydrogen-bond acceptors (Lipinski definition) is 5. The minimum absolute atomic E-state index is 0.0114. The van der Waals surface area contributed by atoms with E-state index < -0.39 is 4.92 Å². The van der Waals surface area contributed by atoms with Crippen molar-refractivity contribution >= 4 is 11.4 Å². The Balaban J connectivity index is 3.05. The van der Waals surface area contributed by atoms with Crippen molar-refractivity contribution in [1.29, 1.82) is 5.26 Å². The van der Waals surface area contributed by atoms with Crippen LogP contribution in [-0.4, -0.2) is 24.7 Å². The smallest absolute Gasteiger partial charge is 0.309 e. The largest absolute Gasteiger partial charge is 0.383 e. The van der Waals surface area contributed by atoms with Crippen molar-refractivity contribution in [3.8, 4) is 6.07 Å². The van der Waals surface area contributed by atoms with E-state index in [0.717, 1.165) is 12.8 Å². The van der Waals surface area contributed by atoms with Gasteiger partial charge < -0.3 is 10.1 Å². The SMILES string of the molecule is CCCC(COC)Nc1cccc(C#N)c1[N+](=O)[O-]. The molecule has 0 aliphatic rings. The van der Waals surface area contributed by atoms with E-state index in [0.29, 0.717) is 12.3 Å². The van der Waals surface area contributed by atoms with Gasteiger partial charge in [-0.1, -0.05) is 19.4 Å². The first-order valence-electron chi connectivity index (χ1n) is 6.07. The maximum Gasteiger partial charge on any atom is 0.309 e. The van der Waals surface area contributed by atoms with Crippen LogP contribution < -0.4 is 5.32 Å². The molecule has 6 nitrogen and oxygen atoms in total. The van der Waals surface area contributed by atoms with E-state index in [2.05, 4.69) is 5.32 Å². The third-order valence-electron chi connectivity index (χ3n) is 2.70. The standard InChI is InChI=1S/C13H17N3O3/c1-3-5-11(9-19-2)15-12-7-4-6-10(8-14)13(12)16(17)18/h4,6-7,11,15H,3,5,9H2,1-2H3. The van der Waals surface area contributed by atoms with E-state index in [4.69, 9.17) is 10.00 Å². The number of nitrogens with zero attached hydrogens (tertiary/aromatic N) is 2. The van der Waals surface area contributed by atoms with E-state index in [1.807, 2.05) is 13.0 Å². The van der Waals surface area contributed by atoms with Crippen LogP contribution >= 0.6 is 0 Å². The van der Waals surface area contributed by atoms with Gasteiger partial charge in [-0.05, 0) is 18.6 Å². The minimum atomic E-state index is -0.531. The second-order valence-electron chi connectivity index (χ2n) is 4.16. The van der Waals surface area contributed by atoms with Gasteiger partial charge in [0.05, 0.1) is 11.5 Å². The van der Waals surface area contributed by atoms with Gasteiger partial charge >= 0.3 is 5.69 Å². The number of nitriles is 1. The van der Waals surface area contributed by atoms with E-state index in [-0.39, 0.29) is 17.3 Å². The summed E-state index contributed by atoms with van der Waals surface area (Å²) in [6.07, 6.45) is 1.77. The molecule has 1 aromatic carbocycles. The first kappa shape index (κ1) is 14.9. The Kier molecular flexibility index (Phi) is 5.76. The predicted molar refractivity (Wildman–Crippen MR) is 72.0 cm³/mol. The molecule has 1 atom stereocenters. The number of rotatable bonds is 7. The molecular formula is C13H17N3O3. The maximum absolute atomic E-state index is 11.1. The Morgan fingerprint density at radius 3 is 2.84 bits per heavy atom. The second-order valence-corrected chi connectivity index (χ2v) is 4.16. The van der Waals surface area contributed by atoms with E-state index >= 15 is 0 Å². The molecule has 0 heterocycles. The zero-order valence-corrected chi connectivity index (χ0v) is 11.0. The molecule has 1 rings (SSSR count). The fourth-order valence-electron chi connectivity index (χ4n) is 1.91. The minimum Gasteiger partial charge on any atom is -0.383 e. The molecule has 0 aliphatic heterocycles. The Morgan fingerprint density at radius 1 is 1.58 bits per heavy atom. The summed E-state index contributed by atoms with van der Waals surface area (Å²) < 4.78 is 5.09. The Labute approximate surface area is 112 Å². The van der Waals surface area contributed by atoms with Crippen LogP contribution in [0.25, 0.3) is 0 Å². The molecule has 19 heavy (non-hydrogen) atoms. The third-order valence-corrected chi connectivity index (χ3v) is 2.70. The lowest BCUT2D eigenvalue weighted by atomic mass is 10.1. The number of methoxy groups -OCH3 is 1. The van der Waals surface area contributed by atoms with Crippen molar-refractivity contribution in [2.24, 2.45) is 0 Å². The number of hydrogen-bond donors (Lipinski definition) is 1. The molecule has 6 heteroatoms. The zero-order chi connectivity index (χ0) is 14.3. The molecule has 0 fully saturated rings. The lowest BCUT2D eigenvalue weighted by Crippen LogP contribution is -2.25. The van der Waals surface area contributed by atoms with Crippen molar-refractivity contribution < 1.29 is 9.66 Å². The van der Waals surface area contributed by atoms with Crippen LogP contribution in [-0.2, 0) is 4.74 Å². The number of para-hydroxylation sites is 1. The molecule has 0 amide bonds. The predicted octanol–water partition coefficient (Wildman–Crippen LogP) is 2.69. The highest BCUT2D eigenvalue weighted by atomic mass is 16.6. The topological polar surface area (TPSA) is 88.2 Å². The Hall–Kier alpha value is -2.13. The first-order chi connectivity index (χ1) is 9.13. The van der Waals surface area contributed by atoms with Crippen LogP contribution in [0, 0.1) is 21.4 Å². The van der Waals surface area contributed by atoms with Crippen molar-refractivity contribution in [3.63, 3.8) is 0 Å². The van der Waals surface area contributed by atoms with Crippen molar-refractivity contribution in [2.45, 2.75) is 25.8 Å². The summed E-state index contributed by atoms with van der Waals surface area (Å²) in [5.74, 6) is 0. The molecule has 0 spiro atoms. The highest BCUT2D eigenvalue weighted by Gasteiger charge is 2.21. The number of anilines is 1. The number of nitrogens with one attached hydrogen (secondary N) is 1. The van der Waals surface area contributed by atoms with Gasteiger partial charge in [-0.3, -0.25) is 10.1 Å². The molecular weight excluding hydrogens is 246 g/mol. The molecule has 0 aliphatic carbocycles. The third kappa shape index (κ3) is 3.93. The quantitative estimate of drug-likeness (QED) is 0.603. The number of nitro groups is 1. The van der Waals surface area contributed by atoms with E-state index in [1.54, 1.807) is 19.2 Å². The van der Waals surface area contributed by atoms with Crippen molar-refractivity contribution in [2.75, 3.05) is 19.0 Å². The summed E-state index contributed by atoms with van der Waals surface area (Å²) in [7, 11) is 1.59. The summed E-state index contributed by atoms with van der Waals surface area (Å²) in [5.41, 5.74) is 0.240.